The molecule has 0 aliphatic rings. The largest absolute Gasteiger partial charge is 0.472 e. The Balaban J connectivity index is 4.06. The van der Waals surface area contributed by atoms with Crippen LogP contribution >= 0.6 is 7.82 Å². The van der Waals surface area contributed by atoms with Gasteiger partial charge in [-0.05, 0) is 51.4 Å². The third kappa shape index (κ3) is 29.6. The average molecular weight is 663 g/mol. The van der Waals surface area contributed by atoms with Crippen molar-refractivity contribution in [1.29, 1.82) is 0 Å². The lowest BCUT2D eigenvalue weighted by Gasteiger charge is -2.20. The Bertz CT molecular complexity index is 755. The quantitative estimate of drug-likeness (QED) is 0.0281. The molecular formula is C34H63O10P. The molecule has 0 aromatic rings. The summed E-state index contributed by atoms with van der Waals surface area (Å²) in [6.07, 6.45) is 25.9. The molecule has 2 unspecified atom stereocenters. The SMILES string of the molecule is CCCC/C=C\CCCCCCCC(=O)OC(CO)COP(=O)(O)OCC(CO)OC(=O)CCCCCCC/C=C\CCCC. The molecule has 45 heavy (non-hydrogen) atoms. The number of hydrogen-bond donors (Lipinski definition) is 3. The number of allylic oxidation sites excluding steroid dienone is 4. The van der Waals surface area contributed by atoms with E-state index >= 15 is 0 Å². The molecular weight excluding hydrogens is 599 g/mol. The first-order chi connectivity index (χ1) is 21.8. The van der Waals surface area contributed by atoms with Gasteiger partial charge >= 0.3 is 19.8 Å². The highest BCUT2D eigenvalue weighted by Crippen LogP contribution is 2.43. The van der Waals surface area contributed by atoms with Gasteiger partial charge in [-0.25, -0.2) is 4.57 Å². The Labute approximate surface area is 272 Å². The molecule has 0 aromatic heterocycles. The number of aliphatic hydroxyl groups excluding tert-OH is 2. The van der Waals surface area contributed by atoms with Gasteiger partial charge in [0.2, 0.25) is 0 Å². The summed E-state index contributed by atoms with van der Waals surface area (Å²) in [4.78, 5) is 34.2. The monoisotopic (exact) mass is 662 g/mol. The summed E-state index contributed by atoms with van der Waals surface area (Å²) in [5.41, 5.74) is 0. The number of phosphoric ester groups is 1. The molecule has 0 bridgehead atoms. The Kier molecular flexibility index (Phi) is 30.0. The van der Waals surface area contributed by atoms with Gasteiger partial charge in [-0.1, -0.05) is 102 Å². The molecule has 0 aliphatic carbocycles. The number of carbonyl (C=O) groups is 2. The summed E-state index contributed by atoms with van der Waals surface area (Å²) in [6.45, 7) is 2.07. The number of rotatable bonds is 32. The first-order valence-corrected chi connectivity index (χ1v) is 18.8. The van der Waals surface area contributed by atoms with Gasteiger partial charge in [0.05, 0.1) is 26.4 Å². The third-order valence-electron chi connectivity index (χ3n) is 7.14. The molecule has 0 saturated carbocycles. The van der Waals surface area contributed by atoms with Gasteiger partial charge < -0.3 is 24.6 Å². The van der Waals surface area contributed by atoms with E-state index in [0.717, 1.165) is 77.0 Å². The number of unbranched alkanes of at least 4 members (excludes halogenated alkanes) is 14. The zero-order chi connectivity index (χ0) is 33.4. The number of hydrogen-bond acceptors (Lipinski definition) is 9. The van der Waals surface area contributed by atoms with Crippen molar-refractivity contribution in [2.75, 3.05) is 26.4 Å². The molecule has 264 valence electrons. The van der Waals surface area contributed by atoms with Gasteiger partial charge in [0.25, 0.3) is 0 Å². The topological polar surface area (TPSA) is 149 Å². The standard InChI is InChI=1S/C34H63O10P/c1-3-5-7-9-11-13-15-17-19-21-23-25-33(37)43-31(27-35)29-41-45(39,40)42-30-32(28-36)44-34(38)26-24-22-20-18-16-14-12-10-8-6-4-2/h9-12,31-32,35-36H,3-8,13-30H2,1-2H3,(H,39,40)/b11-9-,12-10-. The first-order valence-electron chi connectivity index (χ1n) is 17.3. The lowest BCUT2D eigenvalue weighted by atomic mass is 10.1. The van der Waals surface area contributed by atoms with Crippen LogP contribution in [0.25, 0.3) is 0 Å². The molecule has 0 amide bonds. The van der Waals surface area contributed by atoms with Gasteiger partial charge in [0.1, 0.15) is 12.2 Å². The normalized spacial score (nSPS) is 14.5. The number of aliphatic hydroxyl groups is 2. The van der Waals surface area contributed by atoms with Crippen molar-refractivity contribution in [2.45, 2.75) is 154 Å². The van der Waals surface area contributed by atoms with Crippen molar-refractivity contribution in [3.05, 3.63) is 24.3 Å². The maximum absolute atomic E-state index is 12.3. The molecule has 0 aliphatic heterocycles. The van der Waals surface area contributed by atoms with Crippen LogP contribution in [0, 0.1) is 0 Å². The van der Waals surface area contributed by atoms with Crippen molar-refractivity contribution in [3.8, 4) is 0 Å². The summed E-state index contributed by atoms with van der Waals surface area (Å²) in [5, 5.41) is 19.0. The maximum atomic E-state index is 12.3. The van der Waals surface area contributed by atoms with E-state index in [2.05, 4.69) is 38.2 Å². The van der Waals surface area contributed by atoms with Crippen LogP contribution in [0.5, 0.6) is 0 Å². The predicted molar refractivity (Wildman–Crippen MR) is 178 cm³/mol. The number of phosphoric acid groups is 1. The summed E-state index contributed by atoms with van der Waals surface area (Å²) in [7, 11) is -4.62. The Morgan fingerprint density at radius 2 is 0.911 bits per heavy atom. The second kappa shape index (κ2) is 31.1. The molecule has 0 heterocycles. The molecule has 0 rings (SSSR count). The van der Waals surface area contributed by atoms with Crippen LogP contribution in [0.3, 0.4) is 0 Å². The van der Waals surface area contributed by atoms with Crippen molar-refractivity contribution in [3.63, 3.8) is 0 Å². The maximum Gasteiger partial charge on any atom is 0.472 e. The molecule has 11 heteroatoms. The van der Waals surface area contributed by atoms with Crippen LogP contribution in [-0.4, -0.2) is 65.7 Å². The smallest absolute Gasteiger partial charge is 0.457 e. The van der Waals surface area contributed by atoms with E-state index in [0.29, 0.717) is 12.8 Å². The van der Waals surface area contributed by atoms with E-state index in [1.165, 1.54) is 25.7 Å². The number of ether oxygens (including phenoxy) is 2. The fraction of sp³-hybridized carbons (Fsp3) is 0.824. The van der Waals surface area contributed by atoms with Gasteiger partial charge in [0.15, 0.2) is 0 Å². The van der Waals surface area contributed by atoms with Crippen molar-refractivity contribution >= 4 is 19.8 Å². The van der Waals surface area contributed by atoms with Gasteiger partial charge in [-0.3, -0.25) is 18.6 Å². The van der Waals surface area contributed by atoms with E-state index < -0.39 is 58.4 Å². The summed E-state index contributed by atoms with van der Waals surface area (Å²) >= 11 is 0. The van der Waals surface area contributed by atoms with Crippen LogP contribution in [0.1, 0.15) is 142 Å². The minimum absolute atomic E-state index is 0.182. The van der Waals surface area contributed by atoms with Crippen LogP contribution in [0.15, 0.2) is 24.3 Å². The number of carbonyl (C=O) groups excluding carboxylic acids is 2. The molecule has 10 nitrogen and oxygen atoms in total. The van der Waals surface area contributed by atoms with Crippen LogP contribution < -0.4 is 0 Å². The Morgan fingerprint density at radius 1 is 0.578 bits per heavy atom. The van der Waals surface area contributed by atoms with E-state index in [1.807, 2.05) is 0 Å². The van der Waals surface area contributed by atoms with Gasteiger partial charge in [-0.2, -0.15) is 0 Å². The second-order valence-corrected chi connectivity index (χ2v) is 12.9. The summed E-state index contributed by atoms with van der Waals surface area (Å²) in [5.74, 6) is -1.04. The highest BCUT2D eigenvalue weighted by molar-refractivity contribution is 7.47. The lowest BCUT2D eigenvalue weighted by molar-refractivity contribution is -0.153. The summed E-state index contributed by atoms with van der Waals surface area (Å²) in [6, 6.07) is 0. The summed E-state index contributed by atoms with van der Waals surface area (Å²) < 4.78 is 32.3. The highest BCUT2D eigenvalue weighted by Gasteiger charge is 2.27. The van der Waals surface area contributed by atoms with Gasteiger partial charge in [-0.15, -0.1) is 0 Å². The Morgan fingerprint density at radius 3 is 1.27 bits per heavy atom. The molecule has 0 fully saturated rings. The molecule has 0 radical (unpaired) electrons. The predicted octanol–water partition coefficient (Wildman–Crippen LogP) is 7.88. The molecule has 0 spiro atoms. The molecule has 2 atom stereocenters. The van der Waals surface area contributed by atoms with Crippen molar-refractivity contribution < 1.29 is 47.8 Å². The molecule has 0 aromatic carbocycles. The van der Waals surface area contributed by atoms with Crippen LogP contribution in [0.2, 0.25) is 0 Å². The zero-order valence-corrected chi connectivity index (χ0v) is 29.0. The number of esters is 2. The fourth-order valence-corrected chi connectivity index (χ4v) is 5.15. The highest BCUT2D eigenvalue weighted by atomic mass is 31.2. The minimum Gasteiger partial charge on any atom is -0.457 e. The van der Waals surface area contributed by atoms with E-state index in [4.69, 9.17) is 18.5 Å². The Hall–Kier alpha value is -1.55. The average Bonchev–Trinajstić information content (AvgIpc) is 3.02. The van der Waals surface area contributed by atoms with Crippen LogP contribution in [-0.2, 0) is 32.7 Å². The third-order valence-corrected chi connectivity index (χ3v) is 8.09. The second-order valence-electron chi connectivity index (χ2n) is 11.5. The molecule has 3 N–H and O–H groups in total. The lowest BCUT2D eigenvalue weighted by Crippen LogP contribution is -2.28. The van der Waals surface area contributed by atoms with E-state index in [9.17, 15) is 29.3 Å². The van der Waals surface area contributed by atoms with Crippen molar-refractivity contribution in [1.82, 2.24) is 0 Å². The van der Waals surface area contributed by atoms with Crippen LogP contribution in [0.4, 0.5) is 0 Å². The minimum atomic E-state index is -4.62. The van der Waals surface area contributed by atoms with Gasteiger partial charge in [0, 0.05) is 12.8 Å². The van der Waals surface area contributed by atoms with E-state index in [1.54, 1.807) is 0 Å². The molecule has 0 saturated heterocycles. The van der Waals surface area contributed by atoms with Crippen molar-refractivity contribution in [2.24, 2.45) is 0 Å². The fourth-order valence-electron chi connectivity index (χ4n) is 4.37. The first kappa shape index (κ1) is 43.5. The van der Waals surface area contributed by atoms with E-state index in [-0.39, 0.29) is 12.8 Å². The zero-order valence-electron chi connectivity index (χ0n) is 28.1.